The molecule has 0 spiro atoms. The van der Waals surface area contributed by atoms with E-state index in [2.05, 4.69) is 58.5 Å². The van der Waals surface area contributed by atoms with Crippen LogP contribution in [0.4, 0.5) is 0 Å². The van der Waals surface area contributed by atoms with Crippen molar-refractivity contribution in [2.24, 2.45) is 0 Å². The molecule has 0 aliphatic rings. The van der Waals surface area contributed by atoms with Crippen LogP contribution in [-0.4, -0.2) is 15.1 Å². The van der Waals surface area contributed by atoms with Crippen LogP contribution in [-0.2, 0) is 0 Å². The van der Waals surface area contributed by atoms with Gasteiger partial charge in [0.05, 0.1) is 14.6 Å². The number of aryl methyl sites for hydroxylation is 2. The molecule has 0 amide bonds. The molecular formula is C15H13IN2O. The fourth-order valence-corrected chi connectivity index (χ4v) is 2.40. The molecule has 0 fully saturated rings. The SMILES string of the molecule is Cc1cc2nc(-c3ccc(I)c(O)c3)[nH]c2cc1C. The van der Waals surface area contributed by atoms with Crippen LogP contribution in [0.15, 0.2) is 30.3 Å². The molecular weight excluding hydrogens is 351 g/mol. The van der Waals surface area contributed by atoms with Crippen molar-refractivity contribution in [3.8, 4) is 17.1 Å². The number of rotatable bonds is 1. The van der Waals surface area contributed by atoms with Gasteiger partial charge in [-0.3, -0.25) is 0 Å². The van der Waals surface area contributed by atoms with E-state index in [9.17, 15) is 5.11 Å². The van der Waals surface area contributed by atoms with E-state index in [1.54, 1.807) is 6.07 Å². The molecule has 96 valence electrons. The summed E-state index contributed by atoms with van der Waals surface area (Å²) in [5.74, 6) is 1.07. The molecule has 0 saturated carbocycles. The lowest BCUT2D eigenvalue weighted by atomic mass is 10.1. The minimum atomic E-state index is 0.283. The number of H-pyrrole nitrogens is 1. The average Bonchev–Trinajstić information content (AvgIpc) is 2.76. The van der Waals surface area contributed by atoms with E-state index in [0.717, 1.165) is 26.0 Å². The van der Waals surface area contributed by atoms with Gasteiger partial charge in [-0.15, -0.1) is 0 Å². The fraction of sp³-hybridized carbons (Fsp3) is 0.133. The smallest absolute Gasteiger partial charge is 0.138 e. The van der Waals surface area contributed by atoms with Crippen molar-refractivity contribution >= 4 is 33.6 Å². The Morgan fingerprint density at radius 3 is 2.58 bits per heavy atom. The van der Waals surface area contributed by atoms with Crippen LogP contribution in [0.2, 0.25) is 0 Å². The molecule has 0 atom stereocenters. The highest BCUT2D eigenvalue weighted by molar-refractivity contribution is 14.1. The second-order valence-electron chi connectivity index (χ2n) is 4.71. The van der Waals surface area contributed by atoms with Crippen LogP contribution in [0.5, 0.6) is 5.75 Å². The zero-order valence-electron chi connectivity index (χ0n) is 10.7. The summed E-state index contributed by atoms with van der Waals surface area (Å²) >= 11 is 2.10. The van der Waals surface area contributed by atoms with Crippen LogP contribution < -0.4 is 0 Å². The molecule has 0 bridgehead atoms. The summed E-state index contributed by atoms with van der Waals surface area (Å²) in [5, 5.41) is 9.78. The molecule has 0 radical (unpaired) electrons. The van der Waals surface area contributed by atoms with Crippen molar-refractivity contribution in [1.82, 2.24) is 9.97 Å². The Balaban J connectivity index is 2.17. The molecule has 0 saturated heterocycles. The molecule has 3 aromatic rings. The molecule has 0 aliphatic heterocycles. The lowest BCUT2D eigenvalue weighted by Crippen LogP contribution is -1.81. The van der Waals surface area contributed by atoms with E-state index < -0.39 is 0 Å². The Hall–Kier alpha value is -1.56. The average molecular weight is 364 g/mol. The predicted molar refractivity (Wildman–Crippen MR) is 85.4 cm³/mol. The van der Waals surface area contributed by atoms with Crippen molar-refractivity contribution in [2.45, 2.75) is 13.8 Å². The number of nitrogens with one attached hydrogen (secondary N) is 1. The van der Waals surface area contributed by atoms with E-state index >= 15 is 0 Å². The molecule has 0 unspecified atom stereocenters. The maximum absolute atomic E-state index is 9.78. The number of halogens is 1. The second-order valence-corrected chi connectivity index (χ2v) is 5.87. The summed E-state index contributed by atoms with van der Waals surface area (Å²) in [6.45, 7) is 4.17. The van der Waals surface area contributed by atoms with Gasteiger partial charge in [-0.25, -0.2) is 4.98 Å². The first-order valence-electron chi connectivity index (χ1n) is 6.00. The second kappa shape index (κ2) is 4.52. The van der Waals surface area contributed by atoms with E-state index in [0.29, 0.717) is 0 Å². The van der Waals surface area contributed by atoms with Gasteiger partial charge in [-0.2, -0.15) is 0 Å². The number of aromatic hydroxyl groups is 1. The number of imidazole rings is 1. The van der Waals surface area contributed by atoms with Crippen LogP contribution in [0, 0.1) is 17.4 Å². The van der Waals surface area contributed by atoms with Crippen molar-refractivity contribution in [1.29, 1.82) is 0 Å². The van der Waals surface area contributed by atoms with Crippen LogP contribution in [0.3, 0.4) is 0 Å². The lowest BCUT2D eigenvalue weighted by molar-refractivity contribution is 0.471. The summed E-state index contributed by atoms with van der Waals surface area (Å²) in [4.78, 5) is 7.89. The highest BCUT2D eigenvalue weighted by atomic mass is 127. The molecule has 19 heavy (non-hydrogen) atoms. The minimum absolute atomic E-state index is 0.283. The molecule has 3 nitrogen and oxygen atoms in total. The largest absolute Gasteiger partial charge is 0.507 e. The number of phenolic OH excluding ortho intramolecular Hbond substituents is 1. The maximum Gasteiger partial charge on any atom is 0.138 e. The third-order valence-corrected chi connectivity index (χ3v) is 4.23. The van der Waals surface area contributed by atoms with E-state index in [1.165, 1.54) is 11.1 Å². The third-order valence-electron chi connectivity index (χ3n) is 3.32. The number of hydrogen-bond acceptors (Lipinski definition) is 2. The van der Waals surface area contributed by atoms with Gasteiger partial charge in [0.15, 0.2) is 0 Å². The number of benzene rings is 2. The first-order chi connectivity index (χ1) is 9.04. The molecule has 0 aliphatic carbocycles. The highest BCUT2D eigenvalue weighted by Crippen LogP contribution is 2.28. The number of aromatic amines is 1. The van der Waals surface area contributed by atoms with Crippen LogP contribution in [0.1, 0.15) is 11.1 Å². The number of fused-ring (bicyclic) bond motifs is 1. The van der Waals surface area contributed by atoms with Gasteiger partial charge in [-0.1, -0.05) is 0 Å². The fourth-order valence-electron chi connectivity index (χ4n) is 2.07. The topological polar surface area (TPSA) is 48.9 Å². The molecule has 3 rings (SSSR count). The Labute approximate surface area is 124 Å². The zero-order valence-corrected chi connectivity index (χ0v) is 12.8. The third kappa shape index (κ3) is 2.20. The highest BCUT2D eigenvalue weighted by Gasteiger charge is 2.08. The maximum atomic E-state index is 9.78. The van der Waals surface area contributed by atoms with Gasteiger partial charge in [0.1, 0.15) is 11.6 Å². The molecule has 1 aromatic heterocycles. The molecule has 2 N–H and O–H groups in total. The Bertz CT molecular complexity index is 738. The van der Waals surface area contributed by atoms with Gasteiger partial charge < -0.3 is 10.1 Å². The molecule has 1 heterocycles. The number of nitrogens with zero attached hydrogens (tertiary/aromatic N) is 1. The Morgan fingerprint density at radius 1 is 1.11 bits per heavy atom. The lowest BCUT2D eigenvalue weighted by Gasteiger charge is -1.99. The Morgan fingerprint density at radius 2 is 1.84 bits per heavy atom. The molecule has 2 aromatic carbocycles. The van der Waals surface area contributed by atoms with Crippen molar-refractivity contribution in [3.63, 3.8) is 0 Å². The van der Waals surface area contributed by atoms with Crippen LogP contribution >= 0.6 is 22.6 Å². The van der Waals surface area contributed by atoms with Gasteiger partial charge in [0.2, 0.25) is 0 Å². The first-order valence-corrected chi connectivity index (χ1v) is 7.08. The minimum Gasteiger partial charge on any atom is -0.507 e. The summed E-state index contributed by atoms with van der Waals surface area (Å²) in [6, 6.07) is 9.76. The molecule has 4 heteroatoms. The Kier molecular flexibility index (Phi) is 2.97. The number of aromatic nitrogens is 2. The van der Waals surface area contributed by atoms with E-state index in [4.69, 9.17) is 0 Å². The summed E-state index contributed by atoms with van der Waals surface area (Å²) in [7, 11) is 0. The van der Waals surface area contributed by atoms with Gasteiger partial charge in [-0.05, 0) is 77.9 Å². The van der Waals surface area contributed by atoms with Crippen LogP contribution in [0.25, 0.3) is 22.4 Å². The van der Waals surface area contributed by atoms with E-state index in [-0.39, 0.29) is 5.75 Å². The van der Waals surface area contributed by atoms with Gasteiger partial charge >= 0.3 is 0 Å². The van der Waals surface area contributed by atoms with Crippen molar-refractivity contribution < 1.29 is 5.11 Å². The zero-order chi connectivity index (χ0) is 13.6. The predicted octanol–water partition coefficient (Wildman–Crippen LogP) is 4.16. The standard InChI is InChI=1S/C15H13IN2O/c1-8-5-12-13(6-9(8)2)18-15(17-12)10-3-4-11(16)14(19)7-10/h3-7,19H,1-2H3,(H,17,18). The quantitative estimate of drug-likeness (QED) is 0.637. The van der Waals surface area contributed by atoms with E-state index in [1.807, 2.05) is 12.1 Å². The monoisotopic (exact) mass is 364 g/mol. The van der Waals surface area contributed by atoms with Gasteiger partial charge in [0, 0.05) is 5.56 Å². The van der Waals surface area contributed by atoms with Crippen molar-refractivity contribution in [2.75, 3.05) is 0 Å². The first kappa shape index (κ1) is 12.5. The normalized spacial score (nSPS) is 11.1. The number of hydrogen-bond donors (Lipinski definition) is 2. The number of phenols is 1. The summed E-state index contributed by atoms with van der Waals surface area (Å²) in [5.41, 5.74) is 5.35. The summed E-state index contributed by atoms with van der Waals surface area (Å²) < 4.78 is 0.837. The van der Waals surface area contributed by atoms with Gasteiger partial charge in [0.25, 0.3) is 0 Å². The van der Waals surface area contributed by atoms with Crippen molar-refractivity contribution in [3.05, 3.63) is 45.0 Å². The summed E-state index contributed by atoms with van der Waals surface area (Å²) in [6.07, 6.45) is 0.